The smallest absolute Gasteiger partial charge is 0.152 e. The van der Waals surface area contributed by atoms with Crippen molar-refractivity contribution in [3.63, 3.8) is 0 Å². The van der Waals surface area contributed by atoms with Crippen LogP contribution in [0.3, 0.4) is 0 Å². The Morgan fingerprint density at radius 2 is 2.06 bits per heavy atom. The maximum atomic E-state index is 11.5. The quantitative estimate of drug-likeness (QED) is 0.758. The maximum absolute atomic E-state index is 11.5. The van der Waals surface area contributed by atoms with Gasteiger partial charge in [-0.3, -0.25) is 0 Å². The van der Waals surface area contributed by atoms with E-state index in [-0.39, 0.29) is 11.5 Å². The molecular formula is C12H15N3O2S. The molecule has 0 spiro atoms. The van der Waals surface area contributed by atoms with Gasteiger partial charge in [0.15, 0.2) is 9.84 Å². The number of hydrogen-bond acceptors (Lipinski definition) is 5. The maximum Gasteiger partial charge on any atom is 0.152 e. The van der Waals surface area contributed by atoms with Crippen molar-refractivity contribution in [2.24, 2.45) is 0 Å². The summed E-state index contributed by atoms with van der Waals surface area (Å²) in [6.45, 7) is 1.13. The molecular weight excluding hydrogens is 250 g/mol. The zero-order chi connectivity index (χ0) is 13.2. The van der Waals surface area contributed by atoms with Crippen molar-refractivity contribution in [1.29, 1.82) is 5.26 Å². The van der Waals surface area contributed by atoms with Crippen LogP contribution in [0.4, 0.5) is 11.4 Å². The summed E-state index contributed by atoms with van der Waals surface area (Å²) in [5.74, 6) is 0.395. The Labute approximate surface area is 107 Å². The second-order valence-electron chi connectivity index (χ2n) is 4.38. The molecule has 0 amide bonds. The first-order chi connectivity index (χ1) is 8.52. The van der Waals surface area contributed by atoms with Crippen LogP contribution >= 0.6 is 0 Å². The zero-order valence-corrected chi connectivity index (χ0v) is 10.8. The molecule has 1 heterocycles. The molecule has 0 atom stereocenters. The number of anilines is 2. The minimum absolute atomic E-state index is 0.159. The number of rotatable bonds is 1. The Morgan fingerprint density at radius 3 is 2.72 bits per heavy atom. The Kier molecular flexibility index (Phi) is 3.43. The van der Waals surface area contributed by atoms with Crippen molar-refractivity contribution in [3.05, 3.63) is 23.8 Å². The topological polar surface area (TPSA) is 87.2 Å². The van der Waals surface area contributed by atoms with Crippen LogP contribution in [0, 0.1) is 11.3 Å². The Balaban J connectivity index is 2.24. The van der Waals surface area contributed by atoms with Crippen LogP contribution in [0.5, 0.6) is 0 Å². The molecule has 18 heavy (non-hydrogen) atoms. The third kappa shape index (κ3) is 2.74. The van der Waals surface area contributed by atoms with Gasteiger partial charge in [0.05, 0.1) is 34.5 Å². The van der Waals surface area contributed by atoms with E-state index >= 15 is 0 Å². The van der Waals surface area contributed by atoms with Crippen LogP contribution < -0.4 is 10.6 Å². The number of nitrogens with two attached hydrogens (primary N) is 1. The molecule has 96 valence electrons. The first-order valence-electron chi connectivity index (χ1n) is 5.77. The summed E-state index contributed by atoms with van der Waals surface area (Å²) in [6.07, 6.45) is 0.613. The van der Waals surface area contributed by atoms with Gasteiger partial charge < -0.3 is 10.6 Å². The van der Waals surface area contributed by atoms with Crippen molar-refractivity contribution < 1.29 is 8.42 Å². The van der Waals surface area contributed by atoms with Crippen LogP contribution in [-0.4, -0.2) is 33.0 Å². The van der Waals surface area contributed by atoms with E-state index in [0.717, 1.165) is 5.69 Å². The lowest BCUT2D eigenvalue weighted by Crippen LogP contribution is -2.27. The predicted molar refractivity (Wildman–Crippen MR) is 71.1 cm³/mol. The largest absolute Gasteiger partial charge is 0.397 e. The summed E-state index contributed by atoms with van der Waals surface area (Å²) in [5, 5.41) is 8.78. The first-order valence-corrected chi connectivity index (χ1v) is 7.59. The van der Waals surface area contributed by atoms with E-state index in [4.69, 9.17) is 11.0 Å². The minimum atomic E-state index is -2.92. The fraction of sp³-hybridized carbons (Fsp3) is 0.417. The number of nitrogen functional groups attached to an aromatic ring is 1. The van der Waals surface area contributed by atoms with Crippen LogP contribution in [0.15, 0.2) is 18.2 Å². The average molecular weight is 265 g/mol. The van der Waals surface area contributed by atoms with Gasteiger partial charge in [-0.05, 0) is 24.6 Å². The highest BCUT2D eigenvalue weighted by atomic mass is 32.2. The van der Waals surface area contributed by atoms with E-state index in [0.29, 0.717) is 30.8 Å². The van der Waals surface area contributed by atoms with Crippen LogP contribution in [-0.2, 0) is 9.84 Å². The van der Waals surface area contributed by atoms with E-state index in [1.165, 1.54) is 0 Å². The monoisotopic (exact) mass is 265 g/mol. The van der Waals surface area contributed by atoms with Crippen LogP contribution in [0.1, 0.15) is 12.0 Å². The molecule has 0 saturated carbocycles. The van der Waals surface area contributed by atoms with E-state index in [1.54, 1.807) is 18.2 Å². The Morgan fingerprint density at radius 1 is 1.28 bits per heavy atom. The fourth-order valence-electron chi connectivity index (χ4n) is 2.09. The molecule has 2 rings (SSSR count). The molecule has 6 heteroatoms. The predicted octanol–water partition coefficient (Wildman–Crippen LogP) is 0.765. The molecule has 1 fully saturated rings. The van der Waals surface area contributed by atoms with Crippen molar-refractivity contribution in [2.45, 2.75) is 6.42 Å². The molecule has 0 unspecified atom stereocenters. The van der Waals surface area contributed by atoms with Gasteiger partial charge in [0.2, 0.25) is 0 Å². The van der Waals surface area contributed by atoms with E-state index in [9.17, 15) is 8.42 Å². The number of hydrogen-bond donors (Lipinski definition) is 1. The zero-order valence-electron chi connectivity index (χ0n) is 9.96. The fourth-order valence-corrected chi connectivity index (χ4v) is 3.36. The van der Waals surface area contributed by atoms with Gasteiger partial charge in [0.1, 0.15) is 0 Å². The highest BCUT2D eigenvalue weighted by Gasteiger charge is 2.20. The molecule has 1 aliphatic heterocycles. The molecule has 5 nitrogen and oxygen atoms in total. The summed E-state index contributed by atoms with van der Waals surface area (Å²) >= 11 is 0. The molecule has 0 bridgehead atoms. The van der Waals surface area contributed by atoms with Gasteiger partial charge in [0.25, 0.3) is 0 Å². The van der Waals surface area contributed by atoms with Gasteiger partial charge in [-0.2, -0.15) is 5.26 Å². The summed E-state index contributed by atoms with van der Waals surface area (Å²) in [7, 11) is -2.92. The summed E-state index contributed by atoms with van der Waals surface area (Å²) in [6, 6.07) is 7.13. The Bertz CT molecular complexity index is 590. The second kappa shape index (κ2) is 4.86. The number of sulfone groups is 1. The molecule has 1 aliphatic rings. The van der Waals surface area contributed by atoms with Crippen LogP contribution in [0.2, 0.25) is 0 Å². The van der Waals surface area contributed by atoms with Gasteiger partial charge in [-0.1, -0.05) is 0 Å². The normalized spacial score (nSPS) is 18.9. The second-order valence-corrected chi connectivity index (χ2v) is 6.68. The van der Waals surface area contributed by atoms with Crippen molar-refractivity contribution in [1.82, 2.24) is 0 Å². The molecule has 1 aromatic rings. The van der Waals surface area contributed by atoms with Gasteiger partial charge in [-0.25, -0.2) is 8.42 Å². The molecule has 2 N–H and O–H groups in total. The molecule has 0 radical (unpaired) electrons. The van der Waals surface area contributed by atoms with Gasteiger partial charge in [-0.15, -0.1) is 0 Å². The molecule has 0 aromatic heterocycles. The summed E-state index contributed by atoms with van der Waals surface area (Å²) in [5.41, 5.74) is 7.75. The van der Waals surface area contributed by atoms with Crippen molar-refractivity contribution >= 4 is 21.2 Å². The molecule has 1 saturated heterocycles. The lowest BCUT2D eigenvalue weighted by molar-refractivity contribution is 0.597. The van der Waals surface area contributed by atoms with Gasteiger partial charge in [0, 0.05) is 13.1 Å². The number of benzene rings is 1. The highest BCUT2D eigenvalue weighted by Crippen LogP contribution is 2.25. The summed E-state index contributed by atoms with van der Waals surface area (Å²) < 4.78 is 23.1. The Hall–Kier alpha value is -1.74. The molecule has 1 aromatic carbocycles. The standard InChI is InChI=1S/C12H15N3O2S/c13-9-10-2-3-12(11(14)8-10)15-4-1-6-18(16,17)7-5-15/h2-3,8H,1,4-7,14H2. The van der Waals surface area contributed by atoms with E-state index in [1.807, 2.05) is 11.0 Å². The average Bonchev–Trinajstić information content (AvgIpc) is 2.50. The lowest BCUT2D eigenvalue weighted by atomic mass is 10.1. The van der Waals surface area contributed by atoms with E-state index in [2.05, 4.69) is 0 Å². The molecule has 0 aliphatic carbocycles. The summed E-state index contributed by atoms with van der Waals surface area (Å²) in [4.78, 5) is 1.97. The van der Waals surface area contributed by atoms with Crippen molar-refractivity contribution in [2.75, 3.05) is 35.2 Å². The first kappa shape index (κ1) is 12.7. The highest BCUT2D eigenvalue weighted by molar-refractivity contribution is 7.91. The third-order valence-electron chi connectivity index (χ3n) is 3.05. The van der Waals surface area contributed by atoms with Crippen molar-refractivity contribution in [3.8, 4) is 6.07 Å². The van der Waals surface area contributed by atoms with Gasteiger partial charge >= 0.3 is 0 Å². The minimum Gasteiger partial charge on any atom is -0.397 e. The number of nitrogens with zero attached hydrogens (tertiary/aromatic N) is 2. The SMILES string of the molecule is N#Cc1ccc(N2CCCS(=O)(=O)CC2)c(N)c1. The third-order valence-corrected chi connectivity index (χ3v) is 4.77. The van der Waals surface area contributed by atoms with E-state index < -0.39 is 9.84 Å². The van der Waals surface area contributed by atoms with Crippen LogP contribution in [0.25, 0.3) is 0 Å². The number of nitriles is 1. The lowest BCUT2D eigenvalue weighted by Gasteiger charge is -2.23.